The fraction of sp³-hybridized carbons (Fsp3) is 0.280. The van der Waals surface area contributed by atoms with Gasteiger partial charge in [-0.25, -0.2) is 4.79 Å². The van der Waals surface area contributed by atoms with Crippen molar-refractivity contribution in [3.8, 4) is 16.9 Å². The molecule has 5 N–H and O–H groups in total. The van der Waals surface area contributed by atoms with Crippen molar-refractivity contribution in [1.29, 1.82) is 0 Å². The molecule has 2 heterocycles. The van der Waals surface area contributed by atoms with Crippen LogP contribution in [0.5, 0.6) is 5.75 Å². The molecule has 5 aromatic carbocycles. The zero-order chi connectivity index (χ0) is 43.4. The summed E-state index contributed by atoms with van der Waals surface area (Å²) in [6.45, 7) is 2.46. The van der Waals surface area contributed by atoms with Crippen LogP contribution in [0.4, 0.5) is 16.2 Å². The molecule has 0 spiro atoms. The van der Waals surface area contributed by atoms with Crippen molar-refractivity contribution in [2.24, 2.45) is 0 Å². The quantitative estimate of drug-likeness (QED) is 0.0658. The van der Waals surface area contributed by atoms with Crippen molar-refractivity contribution < 1.29 is 29.3 Å². The van der Waals surface area contributed by atoms with Crippen LogP contribution in [0.1, 0.15) is 60.5 Å². The lowest BCUT2D eigenvalue weighted by molar-refractivity contribution is -0.120. The van der Waals surface area contributed by atoms with Crippen LogP contribution < -0.4 is 21.1 Å². The number of aliphatic hydroxyl groups excluding tert-OH is 1. The average molecular weight is 836 g/mol. The largest absolute Gasteiger partial charge is 0.506 e. The normalized spacial score (nSPS) is 13.6. The molecule has 3 amide bonds. The maximum Gasteiger partial charge on any atom is 0.411 e. The number of carbonyl (C=O) groups is 3. The van der Waals surface area contributed by atoms with Crippen molar-refractivity contribution in [1.82, 2.24) is 15.2 Å². The number of likely N-dealkylation sites (tertiary alicyclic amines) is 1. The number of carbonyl (C=O) groups excluding carboxylic acids is 3. The average Bonchev–Trinajstić information content (AvgIpc) is 3.29. The van der Waals surface area contributed by atoms with E-state index >= 15 is 0 Å². The number of hydrogen-bond donors (Lipinski definition) is 5. The fourth-order valence-electron chi connectivity index (χ4n) is 7.95. The first-order chi connectivity index (χ1) is 30.1. The van der Waals surface area contributed by atoms with Crippen LogP contribution in [-0.4, -0.2) is 70.8 Å². The van der Waals surface area contributed by atoms with Gasteiger partial charge in [0.2, 0.25) is 17.4 Å². The number of para-hydroxylation sites is 1. The lowest BCUT2D eigenvalue weighted by atomic mass is 9.97. The molecule has 1 aliphatic heterocycles. The molecule has 12 heteroatoms. The summed E-state index contributed by atoms with van der Waals surface area (Å²) in [6, 6.07) is 39.2. The minimum Gasteiger partial charge on any atom is -0.506 e. The molecule has 0 saturated carbocycles. The Labute approximate surface area is 361 Å². The monoisotopic (exact) mass is 835 g/mol. The molecule has 7 rings (SSSR count). The molecule has 0 bridgehead atoms. The number of aromatic hydroxyl groups is 1. The van der Waals surface area contributed by atoms with Gasteiger partial charge in [-0.3, -0.25) is 19.7 Å². The number of anilines is 2. The number of piperidine rings is 1. The van der Waals surface area contributed by atoms with Gasteiger partial charge < -0.3 is 35.1 Å². The number of phenols is 1. The van der Waals surface area contributed by atoms with Crippen LogP contribution in [0, 0.1) is 0 Å². The SMILES string of the molecule is CN(C(=O)CCN1CCC(OC(=O)Nc2ccccc2-c2ccccc2)CC1)c1ccc(CC(=O)NCc2cccc(CCC[C@H](O)c3ccc(O)c4[nH]c(=O)ccc34)c2)cc1. The zero-order valence-corrected chi connectivity index (χ0v) is 34.9. The number of nitrogens with one attached hydrogen (secondary N) is 3. The lowest BCUT2D eigenvalue weighted by Gasteiger charge is -2.31. The molecule has 6 aromatic rings. The van der Waals surface area contributed by atoms with Gasteiger partial charge in [-0.15, -0.1) is 0 Å². The van der Waals surface area contributed by atoms with Crippen molar-refractivity contribution >= 4 is 40.2 Å². The number of aromatic nitrogens is 1. The summed E-state index contributed by atoms with van der Waals surface area (Å²) in [5.74, 6) is -0.155. The number of H-pyrrole nitrogens is 1. The summed E-state index contributed by atoms with van der Waals surface area (Å²) >= 11 is 0. The van der Waals surface area contributed by atoms with Gasteiger partial charge in [0.05, 0.1) is 23.7 Å². The Bertz CT molecular complexity index is 2530. The van der Waals surface area contributed by atoms with Gasteiger partial charge in [0, 0.05) is 62.4 Å². The molecule has 12 nitrogen and oxygen atoms in total. The summed E-state index contributed by atoms with van der Waals surface area (Å²) in [4.78, 5) is 57.1. The molecule has 1 fully saturated rings. The van der Waals surface area contributed by atoms with Crippen molar-refractivity contribution in [2.45, 2.75) is 63.7 Å². The van der Waals surface area contributed by atoms with Gasteiger partial charge >= 0.3 is 6.09 Å². The molecule has 1 atom stereocenters. The molecule has 0 unspecified atom stereocenters. The number of phenolic OH excluding ortho intramolecular Hbond substituents is 1. The summed E-state index contributed by atoms with van der Waals surface area (Å²) in [7, 11) is 1.76. The minimum atomic E-state index is -0.762. The Morgan fingerprint density at radius 3 is 2.39 bits per heavy atom. The number of fused-ring (bicyclic) bond motifs is 1. The number of nitrogens with zero attached hydrogens (tertiary/aromatic N) is 2. The third kappa shape index (κ3) is 11.5. The predicted molar refractivity (Wildman–Crippen MR) is 242 cm³/mol. The molecule has 1 saturated heterocycles. The Balaban J connectivity index is 0.791. The topological polar surface area (TPSA) is 164 Å². The van der Waals surface area contributed by atoms with Crippen LogP contribution in [0.25, 0.3) is 22.0 Å². The fourth-order valence-corrected chi connectivity index (χ4v) is 7.95. The molecular weight excluding hydrogens is 783 g/mol. The molecular formula is C50H53N5O7. The highest BCUT2D eigenvalue weighted by atomic mass is 16.6. The summed E-state index contributed by atoms with van der Waals surface area (Å²) in [6.07, 6.45) is 2.47. The van der Waals surface area contributed by atoms with E-state index in [-0.39, 0.29) is 35.6 Å². The highest BCUT2D eigenvalue weighted by Gasteiger charge is 2.24. The van der Waals surface area contributed by atoms with Crippen LogP contribution in [0.3, 0.4) is 0 Å². The van der Waals surface area contributed by atoms with Gasteiger partial charge in [0.15, 0.2) is 0 Å². The van der Waals surface area contributed by atoms with Crippen molar-refractivity contribution in [2.75, 3.05) is 36.9 Å². The van der Waals surface area contributed by atoms with Crippen LogP contribution >= 0.6 is 0 Å². The Morgan fingerprint density at radius 1 is 0.855 bits per heavy atom. The first-order valence-electron chi connectivity index (χ1n) is 21.2. The van der Waals surface area contributed by atoms with Gasteiger partial charge in [-0.1, -0.05) is 91.0 Å². The van der Waals surface area contributed by atoms with E-state index in [2.05, 4.69) is 26.6 Å². The summed E-state index contributed by atoms with van der Waals surface area (Å²) < 4.78 is 5.77. The first-order valence-corrected chi connectivity index (χ1v) is 21.2. The summed E-state index contributed by atoms with van der Waals surface area (Å²) in [5.41, 5.74) is 6.95. The number of ether oxygens (including phenoxy) is 1. The number of hydrogen-bond acceptors (Lipinski definition) is 8. The molecule has 0 aliphatic carbocycles. The zero-order valence-electron chi connectivity index (χ0n) is 34.9. The van der Waals surface area contributed by atoms with E-state index in [9.17, 15) is 29.4 Å². The molecule has 1 aliphatic rings. The number of pyridine rings is 1. The van der Waals surface area contributed by atoms with E-state index < -0.39 is 12.2 Å². The van der Waals surface area contributed by atoms with E-state index in [1.54, 1.807) is 24.1 Å². The second-order valence-electron chi connectivity index (χ2n) is 15.8. The first kappa shape index (κ1) is 43.3. The van der Waals surface area contributed by atoms with E-state index in [0.717, 1.165) is 53.0 Å². The third-order valence-corrected chi connectivity index (χ3v) is 11.5. The summed E-state index contributed by atoms with van der Waals surface area (Å²) in [5, 5.41) is 27.6. The lowest BCUT2D eigenvalue weighted by Crippen LogP contribution is -2.40. The van der Waals surface area contributed by atoms with Gasteiger partial charge in [-0.2, -0.15) is 0 Å². The third-order valence-electron chi connectivity index (χ3n) is 11.5. The van der Waals surface area contributed by atoms with E-state index in [4.69, 9.17) is 4.74 Å². The highest BCUT2D eigenvalue weighted by molar-refractivity contribution is 5.93. The van der Waals surface area contributed by atoms with Crippen LogP contribution in [0.2, 0.25) is 0 Å². The van der Waals surface area contributed by atoms with Gasteiger partial charge in [-0.05, 0) is 90.3 Å². The van der Waals surface area contributed by atoms with E-state index in [1.165, 1.54) is 12.1 Å². The van der Waals surface area contributed by atoms with E-state index in [1.807, 2.05) is 97.1 Å². The standard InChI is InChI=1S/C50H53N5O7/c1-54(48(60)27-30-55-28-25-39(26-29-55)62-50(61)52-43-15-6-5-14-40(43)37-12-3-2-4-13-37)38-19-17-35(18-20-38)32-47(59)51-33-36-11-7-9-34(31-36)10-8-16-44(56)41-21-23-45(57)49-42(41)22-24-46(58)53-49/h2-7,9,11-15,17-24,31,39,44,56-57H,8,10,16,25-30,32-33H2,1H3,(H,51,59)(H,52,61)(H,53,58)/t44-/m0/s1. The second-order valence-corrected chi connectivity index (χ2v) is 15.8. The number of rotatable bonds is 16. The predicted octanol–water partition coefficient (Wildman–Crippen LogP) is 7.88. The molecule has 1 aromatic heterocycles. The number of benzene rings is 5. The second kappa shape index (κ2) is 20.7. The van der Waals surface area contributed by atoms with Crippen molar-refractivity contribution in [3.05, 3.63) is 160 Å². The van der Waals surface area contributed by atoms with Gasteiger partial charge in [0.25, 0.3) is 0 Å². The number of aliphatic hydroxyl groups is 1. The molecule has 62 heavy (non-hydrogen) atoms. The Hall–Kier alpha value is -6.76. The maximum absolute atomic E-state index is 13.1. The van der Waals surface area contributed by atoms with E-state index in [0.29, 0.717) is 67.3 Å². The Morgan fingerprint density at radius 2 is 1.60 bits per heavy atom. The number of amides is 3. The molecule has 320 valence electrons. The number of aromatic amines is 1. The number of aryl methyl sites for hydroxylation is 1. The van der Waals surface area contributed by atoms with Crippen molar-refractivity contribution in [3.63, 3.8) is 0 Å². The minimum absolute atomic E-state index is 0.00618. The highest BCUT2D eigenvalue weighted by Crippen LogP contribution is 2.31. The van der Waals surface area contributed by atoms with Gasteiger partial charge in [0.1, 0.15) is 11.9 Å². The smallest absolute Gasteiger partial charge is 0.411 e. The van der Waals surface area contributed by atoms with Crippen LogP contribution in [0.15, 0.2) is 132 Å². The molecule has 0 radical (unpaired) electrons. The Kier molecular flexibility index (Phi) is 14.4. The van der Waals surface area contributed by atoms with Crippen LogP contribution in [-0.2, 0) is 33.7 Å². The maximum atomic E-state index is 13.1.